The second-order valence-electron chi connectivity index (χ2n) is 10.4. The molecule has 0 spiro atoms. The third-order valence-corrected chi connectivity index (χ3v) is 4.41. The Morgan fingerprint density at radius 1 is 0.667 bits per heavy atom. The molecule has 12 heteroatoms. The van der Waals surface area contributed by atoms with E-state index in [4.69, 9.17) is 19.7 Å². The first kappa shape index (κ1) is 35.6. The fourth-order valence-electron chi connectivity index (χ4n) is 2.73. The largest absolute Gasteiger partial charge is 0.479 e. The van der Waals surface area contributed by atoms with Gasteiger partial charge in [-0.15, -0.1) is 0 Å². The lowest BCUT2D eigenvalue weighted by atomic mass is 10.0. The molecule has 0 aliphatic rings. The van der Waals surface area contributed by atoms with Crippen molar-refractivity contribution in [2.45, 2.75) is 129 Å². The lowest BCUT2D eigenvalue weighted by Crippen LogP contribution is -2.48. The van der Waals surface area contributed by atoms with Crippen LogP contribution in [-0.2, 0) is 19.1 Å². The molecule has 212 valence electrons. The van der Waals surface area contributed by atoms with E-state index in [0.29, 0.717) is 25.7 Å². The smallest absolute Gasteiger partial charge is 0.407 e. The Hall–Kier alpha value is -2.60. The minimum atomic E-state index is -1.62. The van der Waals surface area contributed by atoms with E-state index in [1.165, 1.54) is 0 Å². The highest BCUT2D eigenvalue weighted by Crippen LogP contribution is 2.11. The Bertz CT molecular complexity index is 627. The Morgan fingerprint density at radius 3 is 1.14 bits per heavy atom. The number of amides is 2. The molecule has 0 aromatic carbocycles. The minimum Gasteiger partial charge on any atom is -0.479 e. The lowest BCUT2D eigenvalue weighted by molar-refractivity contribution is -0.149. The fourth-order valence-corrected chi connectivity index (χ4v) is 2.73. The number of carboxylic acid groups (broad SMARTS) is 2. The summed E-state index contributed by atoms with van der Waals surface area (Å²) in [6.45, 7) is 14.1. The van der Waals surface area contributed by atoms with E-state index in [1.807, 2.05) is 13.8 Å². The van der Waals surface area contributed by atoms with Gasteiger partial charge in [0, 0.05) is 0 Å². The molecule has 6 N–H and O–H groups in total. The van der Waals surface area contributed by atoms with E-state index < -0.39 is 59.6 Å². The molecule has 36 heavy (non-hydrogen) atoms. The van der Waals surface area contributed by atoms with Gasteiger partial charge in [-0.3, -0.25) is 0 Å². The first-order chi connectivity index (χ1) is 16.3. The van der Waals surface area contributed by atoms with Gasteiger partial charge in [-0.1, -0.05) is 39.5 Å². The zero-order chi connectivity index (χ0) is 28.7. The van der Waals surface area contributed by atoms with E-state index in [0.717, 1.165) is 12.8 Å². The number of aliphatic hydroxyl groups is 2. The molecule has 0 heterocycles. The molecule has 0 aromatic heterocycles. The van der Waals surface area contributed by atoms with Crippen LogP contribution in [0.5, 0.6) is 0 Å². The number of unbranched alkanes of at least 4 members (excludes halogenated alkanes) is 2. The number of hydrogen-bond acceptors (Lipinski definition) is 8. The average molecular weight is 523 g/mol. The number of carbonyl (C=O) groups is 4. The number of aliphatic carboxylic acids is 2. The van der Waals surface area contributed by atoms with Gasteiger partial charge in [-0.05, 0) is 54.4 Å². The summed E-state index contributed by atoms with van der Waals surface area (Å²) in [4.78, 5) is 44.5. The van der Waals surface area contributed by atoms with Gasteiger partial charge >= 0.3 is 24.1 Å². The number of aliphatic hydroxyl groups excluding tert-OH is 2. The Kier molecular flexibility index (Phi) is 16.8. The van der Waals surface area contributed by atoms with E-state index in [-0.39, 0.29) is 0 Å². The van der Waals surface area contributed by atoms with Crippen molar-refractivity contribution in [3.05, 3.63) is 0 Å². The van der Waals surface area contributed by atoms with Crippen LogP contribution in [0.15, 0.2) is 0 Å². The summed E-state index contributed by atoms with van der Waals surface area (Å²) in [6.07, 6.45) is -0.777. The lowest BCUT2D eigenvalue weighted by Gasteiger charge is -2.25. The summed E-state index contributed by atoms with van der Waals surface area (Å²) >= 11 is 0. The highest BCUT2D eigenvalue weighted by Gasteiger charge is 2.29. The maximum Gasteiger partial charge on any atom is 0.407 e. The van der Waals surface area contributed by atoms with E-state index in [2.05, 4.69) is 10.6 Å². The van der Waals surface area contributed by atoms with Crippen LogP contribution in [-0.4, -0.2) is 80.0 Å². The molecule has 0 saturated heterocycles. The van der Waals surface area contributed by atoms with Crippen molar-refractivity contribution in [3.63, 3.8) is 0 Å². The maximum atomic E-state index is 11.5. The number of alkyl carbamates (subject to hydrolysis) is 2. The summed E-state index contributed by atoms with van der Waals surface area (Å²) in [6, 6.07) is -1.67. The van der Waals surface area contributed by atoms with Crippen molar-refractivity contribution < 1.29 is 49.1 Å². The van der Waals surface area contributed by atoms with E-state index in [1.54, 1.807) is 41.5 Å². The molecule has 0 radical (unpaired) electrons. The van der Waals surface area contributed by atoms with Crippen LogP contribution >= 0.6 is 0 Å². The molecule has 0 aliphatic carbocycles. The maximum absolute atomic E-state index is 11.5. The molecule has 12 nitrogen and oxygen atoms in total. The average Bonchev–Trinajstić information content (AvgIpc) is 2.70. The molecule has 0 unspecified atom stereocenters. The second-order valence-corrected chi connectivity index (χ2v) is 10.4. The Balaban J connectivity index is 0. The van der Waals surface area contributed by atoms with Crippen molar-refractivity contribution in [3.8, 4) is 0 Å². The van der Waals surface area contributed by atoms with Crippen molar-refractivity contribution in [1.82, 2.24) is 10.6 Å². The van der Waals surface area contributed by atoms with Gasteiger partial charge in [0.2, 0.25) is 0 Å². The fraction of sp³-hybridized carbons (Fsp3) is 0.833. The van der Waals surface area contributed by atoms with Gasteiger partial charge in [0.25, 0.3) is 0 Å². The molecule has 0 saturated carbocycles. The standard InChI is InChI=1S/2C12H23NO5/c2*1-5-6-7-8(9(14)10(15)16)13-11(17)18-12(2,3)4/h2*8-9,14H,5-7H2,1-4H3,(H,13,17)(H,15,16)/t8-,9+;8-,9-/m00/s1. The summed E-state index contributed by atoms with van der Waals surface area (Å²) in [5.41, 5.74) is -1.32. The third kappa shape index (κ3) is 18.7. The number of nitrogens with one attached hydrogen (secondary N) is 2. The van der Waals surface area contributed by atoms with Crippen LogP contribution in [0, 0.1) is 0 Å². The predicted octanol–water partition coefficient (Wildman–Crippen LogP) is 3.03. The molecule has 0 bridgehead atoms. The van der Waals surface area contributed by atoms with Crippen molar-refractivity contribution in [2.75, 3.05) is 0 Å². The number of carbonyl (C=O) groups excluding carboxylic acids is 2. The monoisotopic (exact) mass is 522 g/mol. The predicted molar refractivity (Wildman–Crippen MR) is 133 cm³/mol. The summed E-state index contributed by atoms with van der Waals surface area (Å²) < 4.78 is 10.0. The highest BCUT2D eigenvalue weighted by molar-refractivity contribution is 5.75. The molecule has 2 amide bonds. The highest BCUT2D eigenvalue weighted by atomic mass is 16.6. The molecule has 0 rings (SSSR count). The van der Waals surface area contributed by atoms with Crippen LogP contribution in [0.4, 0.5) is 9.59 Å². The van der Waals surface area contributed by atoms with Gasteiger partial charge in [0.05, 0.1) is 12.1 Å². The van der Waals surface area contributed by atoms with Crippen LogP contribution in [0.1, 0.15) is 93.9 Å². The van der Waals surface area contributed by atoms with Crippen molar-refractivity contribution >= 4 is 24.1 Å². The zero-order valence-corrected chi connectivity index (χ0v) is 22.8. The molecule has 4 atom stereocenters. The van der Waals surface area contributed by atoms with Crippen LogP contribution < -0.4 is 10.6 Å². The number of carboxylic acids is 2. The van der Waals surface area contributed by atoms with Crippen LogP contribution in [0.25, 0.3) is 0 Å². The summed E-state index contributed by atoms with van der Waals surface area (Å²) in [5, 5.41) is 41.3. The topological polar surface area (TPSA) is 192 Å². The summed E-state index contributed by atoms with van der Waals surface area (Å²) in [7, 11) is 0. The molecular weight excluding hydrogens is 476 g/mol. The number of ether oxygens (including phenoxy) is 2. The number of rotatable bonds is 12. The van der Waals surface area contributed by atoms with Gasteiger partial charge < -0.3 is 40.5 Å². The Labute approximate surface area is 213 Å². The molecule has 0 aromatic rings. The first-order valence-corrected chi connectivity index (χ1v) is 12.1. The number of hydrogen-bond donors (Lipinski definition) is 6. The zero-order valence-electron chi connectivity index (χ0n) is 22.8. The van der Waals surface area contributed by atoms with Gasteiger partial charge in [-0.2, -0.15) is 0 Å². The van der Waals surface area contributed by atoms with Crippen LogP contribution in [0.2, 0.25) is 0 Å². The second kappa shape index (κ2) is 17.0. The van der Waals surface area contributed by atoms with Gasteiger partial charge in [0.1, 0.15) is 11.2 Å². The van der Waals surface area contributed by atoms with Gasteiger partial charge in [-0.25, -0.2) is 19.2 Å². The normalized spacial score (nSPS) is 14.7. The van der Waals surface area contributed by atoms with Crippen LogP contribution in [0.3, 0.4) is 0 Å². The third-order valence-electron chi connectivity index (χ3n) is 4.41. The summed E-state index contributed by atoms with van der Waals surface area (Å²) in [5.74, 6) is -2.71. The quantitative estimate of drug-likeness (QED) is 0.222. The van der Waals surface area contributed by atoms with E-state index >= 15 is 0 Å². The molecular formula is C24H46N2O10. The Morgan fingerprint density at radius 2 is 0.944 bits per heavy atom. The van der Waals surface area contributed by atoms with Crippen molar-refractivity contribution in [2.24, 2.45) is 0 Å². The molecule has 0 fully saturated rings. The first-order valence-electron chi connectivity index (χ1n) is 12.1. The van der Waals surface area contributed by atoms with Crippen molar-refractivity contribution in [1.29, 1.82) is 0 Å². The SMILES string of the molecule is CCCC[C@H](NC(=O)OC(C)(C)C)[C@@H](O)C(=O)O.CCCC[C@H](NC(=O)OC(C)(C)C)[C@H](O)C(=O)O. The van der Waals surface area contributed by atoms with E-state index in [9.17, 15) is 29.4 Å². The van der Waals surface area contributed by atoms with Gasteiger partial charge in [0.15, 0.2) is 12.2 Å². The minimum absolute atomic E-state index is 0.392. The molecule has 0 aliphatic heterocycles.